The van der Waals surface area contributed by atoms with Crippen LogP contribution >= 0.6 is 8.25 Å². The van der Waals surface area contributed by atoms with Gasteiger partial charge in [0.1, 0.15) is 6.61 Å². The predicted octanol–water partition coefficient (Wildman–Crippen LogP) is -2.96. The Kier molecular flexibility index (Phi) is 5.67. The summed E-state index contributed by atoms with van der Waals surface area (Å²) in [6, 6.07) is 0. The Morgan fingerprint density at radius 1 is 1.62 bits per heavy atom. The van der Waals surface area contributed by atoms with E-state index < -0.39 is 26.2 Å². The summed E-state index contributed by atoms with van der Waals surface area (Å²) in [4.78, 5) is 21.6. The molecule has 0 spiro atoms. The van der Waals surface area contributed by atoms with Gasteiger partial charge in [-0.05, 0) is 16.7 Å². The van der Waals surface area contributed by atoms with Crippen LogP contribution < -0.4 is 40.2 Å². The normalized spacial score (nSPS) is 23.0. The molecule has 2 unspecified atom stereocenters. The van der Waals surface area contributed by atoms with Crippen molar-refractivity contribution in [2.45, 2.75) is 11.8 Å². The quantitative estimate of drug-likeness (QED) is 0.201. The van der Waals surface area contributed by atoms with Gasteiger partial charge < -0.3 is 15.4 Å². The molecule has 0 aromatic carbocycles. The van der Waals surface area contributed by atoms with E-state index in [4.69, 9.17) is 16.9 Å². The van der Waals surface area contributed by atoms with Crippen molar-refractivity contribution in [1.82, 2.24) is 19.5 Å². The van der Waals surface area contributed by atoms with Crippen molar-refractivity contribution >= 4 is 25.2 Å². The topological polar surface area (TPSA) is 128 Å². The van der Waals surface area contributed by atoms with Crippen molar-refractivity contribution in [2.75, 3.05) is 12.3 Å². The molecule has 2 aromatic rings. The molecule has 0 aliphatic carbocycles. The Morgan fingerprint density at radius 3 is 3.04 bits per heavy atom. The number of nitrogens with zero attached hydrogens (tertiary/aromatic N) is 4. The summed E-state index contributed by atoms with van der Waals surface area (Å²) in [5, 5.41) is 0. The van der Waals surface area contributed by atoms with Crippen molar-refractivity contribution in [3.8, 4) is 12.3 Å². The number of imidazole rings is 1. The summed E-state index contributed by atoms with van der Waals surface area (Å²) in [5.74, 6) is 2.22. The number of terminal acetylenes is 1. The van der Waals surface area contributed by atoms with Crippen LogP contribution in [0.25, 0.3) is 11.2 Å². The molecule has 0 saturated carbocycles. The number of aromatic nitrogens is 4. The fourth-order valence-electron chi connectivity index (χ4n) is 2.13. The van der Waals surface area contributed by atoms with Gasteiger partial charge in [0.15, 0.2) is 28.8 Å². The van der Waals surface area contributed by atoms with Gasteiger partial charge in [0.05, 0.1) is 6.33 Å². The number of anilines is 1. The number of nitrogens with two attached hydrogens (primary N) is 1. The van der Waals surface area contributed by atoms with E-state index in [1.807, 2.05) is 0 Å². The third kappa shape index (κ3) is 3.48. The number of fused-ring (bicyclic) bond motifs is 1. The first kappa shape index (κ1) is 18.9. The molecule has 0 fully saturated rings. The number of ether oxygens (including phenoxy) is 1. The molecule has 3 atom stereocenters. The van der Waals surface area contributed by atoms with Crippen LogP contribution in [-0.4, -0.2) is 31.7 Å². The fraction of sp³-hybridized carbons (Fsp3) is 0.250. The van der Waals surface area contributed by atoms with Crippen LogP contribution in [0.4, 0.5) is 10.2 Å². The minimum atomic E-state index is -3.07. The predicted molar refractivity (Wildman–Crippen MR) is 74.1 cm³/mol. The molecule has 1 aliphatic rings. The summed E-state index contributed by atoms with van der Waals surface area (Å²) < 4.78 is 35.4. The molecule has 3 rings (SSSR count). The van der Waals surface area contributed by atoms with Crippen molar-refractivity contribution in [2.24, 2.45) is 0 Å². The molecular weight excluding hydrogens is 351 g/mol. The first-order valence-electron chi connectivity index (χ1n) is 6.22. The zero-order valence-corrected chi connectivity index (χ0v) is 15.3. The van der Waals surface area contributed by atoms with E-state index in [2.05, 4.69) is 25.4 Å². The Morgan fingerprint density at radius 2 is 2.38 bits per heavy atom. The first-order valence-corrected chi connectivity index (χ1v) is 7.31. The van der Waals surface area contributed by atoms with E-state index in [9.17, 15) is 13.8 Å². The Hall–Kier alpha value is -1.44. The molecule has 0 radical (unpaired) electrons. The van der Waals surface area contributed by atoms with Crippen molar-refractivity contribution in [3.05, 3.63) is 24.6 Å². The molecule has 9 nitrogen and oxygen atoms in total. The average molecular weight is 360 g/mol. The van der Waals surface area contributed by atoms with E-state index in [1.54, 1.807) is 6.08 Å². The van der Waals surface area contributed by atoms with E-state index in [0.717, 1.165) is 0 Å². The van der Waals surface area contributed by atoms with Crippen LogP contribution in [0.1, 0.15) is 6.23 Å². The molecule has 2 N–H and O–H groups in total. The van der Waals surface area contributed by atoms with Crippen molar-refractivity contribution in [1.29, 1.82) is 0 Å². The van der Waals surface area contributed by atoms with Gasteiger partial charge in [-0.1, -0.05) is 5.92 Å². The van der Waals surface area contributed by atoms with Crippen molar-refractivity contribution in [3.63, 3.8) is 0 Å². The van der Waals surface area contributed by atoms with Gasteiger partial charge in [-0.2, -0.15) is 14.4 Å². The fourth-order valence-corrected chi connectivity index (χ4v) is 2.43. The van der Waals surface area contributed by atoms with Crippen LogP contribution in [0.5, 0.6) is 0 Å². The molecule has 24 heavy (non-hydrogen) atoms. The van der Waals surface area contributed by atoms with Gasteiger partial charge >= 0.3 is 43.9 Å². The second kappa shape index (κ2) is 7.21. The van der Waals surface area contributed by atoms with Gasteiger partial charge in [-0.15, -0.1) is 10.9 Å². The largest absolute Gasteiger partial charge is 1.00 e. The summed E-state index contributed by atoms with van der Waals surface area (Å²) in [6.07, 6.45) is 7.98. The molecule has 0 amide bonds. The summed E-state index contributed by atoms with van der Waals surface area (Å²) in [7, 11) is -3.07. The number of rotatable bonds is 4. The molecule has 1 aliphatic heterocycles. The van der Waals surface area contributed by atoms with Crippen LogP contribution in [0.15, 0.2) is 18.5 Å². The summed E-state index contributed by atoms with van der Waals surface area (Å²) in [6.45, 7) is -0.382. The second-order valence-corrected chi connectivity index (χ2v) is 5.31. The third-order valence-corrected chi connectivity index (χ3v) is 3.53. The zero-order chi connectivity index (χ0) is 16.6. The minimum Gasteiger partial charge on any atom is -0.566 e. The van der Waals surface area contributed by atoms with Gasteiger partial charge in [0, 0.05) is 0 Å². The third-order valence-electron chi connectivity index (χ3n) is 3.19. The number of halogens is 1. The number of nitrogen functional groups attached to an aromatic ring is 1. The van der Waals surface area contributed by atoms with Crippen LogP contribution in [0.2, 0.25) is 0 Å². The standard InChI is InChI=1S/C12H9FN5O4P.Na/c1-2-12(5-21-23(19)20)4-3-7(22-12)18-6-15-8-9(14)16-11(13)17-10(8)18;/h1,3-4,6-7H,5H2,(H2,14,16,17);/q;+1/t7-,12?;/m0./s1. The SMILES string of the molecule is C#CC1(CO[P+](=O)[O-])C=C[C@@H](n2cnc3c(N)nc(F)nc32)O1.[Na+]. The molecule has 2 aromatic heterocycles. The number of hydrogen-bond acceptors (Lipinski definition) is 8. The van der Waals surface area contributed by atoms with E-state index in [-0.39, 0.29) is 53.1 Å². The Bertz CT molecular complexity index is 869. The molecular formula is C12H9FN5NaO4P+. The molecule has 0 bridgehead atoms. The van der Waals surface area contributed by atoms with Crippen LogP contribution in [0, 0.1) is 18.4 Å². The molecule has 3 heterocycles. The monoisotopic (exact) mass is 360 g/mol. The summed E-state index contributed by atoms with van der Waals surface area (Å²) >= 11 is 0. The van der Waals surface area contributed by atoms with Gasteiger partial charge in [-0.3, -0.25) is 4.57 Å². The van der Waals surface area contributed by atoms with Crippen LogP contribution in [0.3, 0.4) is 0 Å². The maximum absolute atomic E-state index is 13.3. The van der Waals surface area contributed by atoms with E-state index >= 15 is 0 Å². The smallest absolute Gasteiger partial charge is 0.566 e. The maximum Gasteiger partial charge on any atom is 1.00 e. The Balaban J connectivity index is 0.00000208. The van der Waals surface area contributed by atoms with Crippen molar-refractivity contribution < 1.29 is 52.7 Å². The van der Waals surface area contributed by atoms with Gasteiger partial charge in [0.25, 0.3) is 0 Å². The van der Waals surface area contributed by atoms with Gasteiger partial charge in [-0.25, -0.2) is 4.98 Å². The van der Waals surface area contributed by atoms with E-state index in [0.29, 0.717) is 0 Å². The van der Waals surface area contributed by atoms with Crippen LogP contribution in [-0.2, 0) is 13.8 Å². The minimum absolute atomic E-state index is 0. The molecule has 0 saturated heterocycles. The first-order chi connectivity index (χ1) is 10.9. The molecule has 118 valence electrons. The second-order valence-electron chi connectivity index (χ2n) is 4.60. The Labute approximate surface area is 158 Å². The molecule has 12 heteroatoms. The summed E-state index contributed by atoms with van der Waals surface area (Å²) in [5.41, 5.74) is 4.54. The maximum atomic E-state index is 13.3. The van der Waals surface area contributed by atoms with Gasteiger partial charge in [0.2, 0.25) is 0 Å². The van der Waals surface area contributed by atoms with E-state index in [1.165, 1.54) is 17.0 Å². The zero-order valence-electron chi connectivity index (χ0n) is 12.4. The number of hydrogen-bond donors (Lipinski definition) is 1. The average Bonchev–Trinajstić information content (AvgIpc) is 3.09.